The highest BCUT2D eigenvalue weighted by Gasteiger charge is 1.96. The Morgan fingerprint density at radius 3 is 1.43 bits per heavy atom. The summed E-state index contributed by atoms with van der Waals surface area (Å²) in [5.41, 5.74) is 0. The Kier molecular flexibility index (Phi) is 14.5. The Morgan fingerprint density at radius 2 is 1.09 bits per heavy atom. The van der Waals surface area contributed by atoms with Crippen molar-refractivity contribution in [3.8, 4) is 0 Å². The lowest BCUT2D eigenvalue weighted by molar-refractivity contribution is 0.336. The van der Waals surface area contributed by atoms with Crippen LogP contribution in [0.1, 0.15) is 40.5 Å². The monoisotopic (exact) mass is 310 g/mol. The number of hydrogen-bond acceptors (Lipinski definition) is 1. The minimum absolute atomic E-state index is 0.800. The molecule has 23 heavy (non-hydrogen) atoms. The van der Waals surface area contributed by atoms with Gasteiger partial charge in [0.1, 0.15) is 11.5 Å². The molecule has 0 aliphatic rings. The molecule has 0 heterocycles. The third kappa shape index (κ3) is 13.1. The summed E-state index contributed by atoms with van der Waals surface area (Å²) < 4.78 is 6.02. The van der Waals surface area contributed by atoms with Crippen molar-refractivity contribution < 1.29 is 4.74 Å². The summed E-state index contributed by atoms with van der Waals surface area (Å²) >= 11 is 0. The smallest absolute Gasteiger partial charge is 0.127 e. The molecule has 0 aromatic rings. The van der Waals surface area contributed by atoms with Gasteiger partial charge in [-0.2, -0.15) is 0 Å². The molecular formula is C22H30O. The van der Waals surface area contributed by atoms with Gasteiger partial charge in [-0.05, 0) is 51.0 Å². The molecule has 0 amide bonds. The van der Waals surface area contributed by atoms with Gasteiger partial charge in [-0.1, -0.05) is 74.6 Å². The van der Waals surface area contributed by atoms with Gasteiger partial charge in [0.25, 0.3) is 0 Å². The molecule has 124 valence electrons. The average molecular weight is 310 g/mol. The molecule has 1 heteroatoms. The van der Waals surface area contributed by atoms with Crippen LogP contribution in [0.4, 0.5) is 0 Å². The van der Waals surface area contributed by atoms with Crippen LogP contribution in [0.5, 0.6) is 0 Å². The molecule has 0 aromatic carbocycles. The molecule has 0 aliphatic heterocycles. The number of hydrogen-bond donors (Lipinski definition) is 0. The molecule has 0 aromatic heterocycles. The fourth-order valence-electron chi connectivity index (χ4n) is 1.50. The van der Waals surface area contributed by atoms with E-state index < -0.39 is 0 Å². The largest absolute Gasteiger partial charge is 0.457 e. The number of ether oxygens (including phenoxy) is 1. The van der Waals surface area contributed by atoms with Crippen LogP contribution in [0.2, 0.25) is 0 Å². The van der Waals surface area contributed by atoms with E-state index in [0.29, 0.717) is 0 Å². The molecule has 0 bridgehead atoms. The van der Waals surface area contributed by atoms with E-state index in [1.165, 1.54) is 0 Å². The lowest BCUT2D eigenvalue weighted by Gasteiger charge is -2.06. The first-order valence-corrected chi connectivity index (χ1v) is 8.28. The summed E-state index contributed by atoms with van der Waals surface area (Å²) in [4.78, 5) is 0. The zero-order valence-corrected chi connectivity index (χ0v) is 14.9. The molecule has 0 radical (unpaired) electrons. The van der Waals surface area contributed by atoms with Gasteiger partial charge in [-0.3, -0.25) is 0 Å². The van der Waals surface area contributed by atoms with Crippen molar-refractivity contribution in [1.29, 1.82) is 0 Å². The van der Waals surface area contributed by atoms with Crippen molar-refractivity contribution in [1.82, 2.24) is 0 Å². The van der Waals surface area contributed by atoms with E-state index in [9.17, 15) is 0 Å². The Bertz CT molecular complexity index is 472. The van der Waals surface area contributed by atoms with Gasteiger partial charge in [0.15, 0.2) is 0 Å². The maximum absolute atomic E-state index is 6.02. The quantitative estimate of drug-likeness (QED) is 0.313. The normalized spacial score (nSPS) is 14.8. The second-order valence-corrected chi connectivity index (χ2v) is 4.68. The van der Waals surface area contributed by atoms with Gasteiger partial charge in [0.05, 0.1) is 0 Å². The molecule has 0 fully saturated rings. The van der Waals surface area contributed by atoms with Crippen molar-refractivity contribution in [2.45, 2.75) is 40.5 Å². The fraction of sp³-hybridized carbons (Fsp3) is 0.273. The first kappa shape index (κ1) is 20.7. The molecule has 1 nitrogen and oxygen atoms in total. The van der Waals surface area contributed by atoms with Crippen LogP contribution in [-0.2, 0) is 4.74 Å². The standard InChI is InChI=1S/C22H30O/c1-5-9-13-17-21(18-14-10-6-2)23-22(19-15-11-7-3)20-16-12-8-4/h5,7,9-20H,6,8H2,1-4H3/b9-5+,11-7+,14-10+,16-12+,17-13+,19-15+,21-18+,22-20+. The van der Waals surface area contributed by atoms with Gasteiger partial charge in [-0.15, -0.1) is 0 Å². The molecule has 0 N–H and O–H groups in total. The third-order valence-electron chi connectivity index (χ3n) is 2.63. The minimum Gasteiger partial charge on any atom is -0.457 e. The average Bonchev–Trinajstić information content (AvgIpc) is 2.55. The molecule has 0 atom stereocenters. The van der Waals surface area contributed by atoms with Gasteiger partial charge in [-0.25, -0.2) is 0 Å². The Hall–Kier alpha value is -2.28. The van der Waals surface area contributed by atoms with Crippen LogP contribution in [0.3, 0.4) is 0 Å². The first-order chi connectivity index (χ1) is 11.3. The number of rotatable bonds is 10. The summed E-state index contributed by atoms with van der Waals surface area (Å²) in [6.45, 7) is 8.21. The van der Waals surface area contributed by atoms with Crippen molar-refractivity contribution >= 4 is 0 Å². The van der Waals surface area contributed by atoms with Crippen LogP contribution in [-0.4, -0.2) is 0 Å². The lowest BCUT2D eigenvalue weighted by Crippen LogP contribution is -1.88. The fourth-order valence-corrected chi connectivity index (χ4v) is 1.50. The van der Waals surface area contributed by atoms with Crippen LogP contribution in [0.25, 0.3) is 0 Å². The molecule has 0 spiro atoms. The number of allylic oxidation sites excluding steroid dienone is 14. The molecule has 0 rings (SSSR count). The van der Waals surface area contributed by atoms with Gasteiger partial charge >= 0.3 is 0 Å². The van der Waals surface area contributed by atoms with E-state index in [2.05, 4.69) is 26.0 Å². The maximum atomic E-state index is 6.02. The highest BCUT2D eigenvalue weighted by molar-refractivity contribution is 5.28. The summed E-state index contributed by atoms with van der Waals surface area (Å²) in [7, 11) is 0. The highest BCUT2D eigenvalue weighted by Crippen LogP contribution is 2.11. The van der Waals surface area contributed by atoms with Crippen molar-refractivity contribution in [3.05, 3.63) is 96.6 Å². The van der Waals surface area contributed by atoms with Crippen LogP contribution >= 0.6 is 0 Å². The van der Waals surface area contributed by atoms with E-state index in [1.807, 2.05) is 86.8 Å². The van der Waals surface area contributed by atoms with Crippen LogP contribution < -0.4 is 0 Å². The van der Waals surface area contributed by atoms with Gasteiger partial charge in [0.2, 0.25) is 0 Å². The lowest BCUT2D eigenvalue weighted by atomic mass is 10.3. The predicted molar refractivity (Wildman–Crippen MR) is 104 cm³/mol. The summed E-state index contributed by atoms with van der Waals surface area (Å²) in [6, 6.07) is 0. The SMILES string of the molecule is C/C=C/C=C/C(=C\C=C\CC)OC(/C=C/C=C/C)=C/C=C/CC. The third-order valence-corrected chi connectivity index (χ3v) is 2.63. The molecule has 0 saturated heterocycles. The topological polar surface area (TPSA) is 9.23 Å². The minimum atomic E-state index is 0.800. The van der Waals surface area contributed by atoms with E-state index in [-0.39, 0.29) is 0 Å². The zero-order valence-electron chi connectivity index (χ0n) is 14.9. The molecular weight excluding hydrogens is 280 g/mol. The van der Waals surface area contributed by atoms with Crippen molar-refractivity contribution in [2.75, 3.05) is 0 Å². The Labute approximate surface area is 142 Å². The predicted octanol–water partition coefficient (Wildman–Crippen LogP) is 6.97. The van der Waals surface area contributed by atoms with Gasteiger partial charge in [0, 0.05) is 0 Å². The Balaban J connectivity index is 5.29. The molecule has 0 saturated carbocycles. The van der Waals surface area contributed by atoms with Crippen molar-refractivity contribution in [2.24, 2.45) is 0 Å². The Morgan fingerprint density at radius 1 is 0.652 bits per heavy atom. The maximum Gasteiger partial charge on any atom is 0.127 e. The summed E-state index contributed by atoms with van der Waals surface area (Å²) in [6.07, 6.45) is 30.0. The first-order valence-electron chi connectivity index (χ1n) is 8.28. The zero-order chi connectivity index (χ0) is 17.2. The van der Waals surface area contributed by atoms with Crippen molar-refractivity contribution in [3.63, 3.8) is 0 Å². The molecule has 0 unspecified atom stereocenters. The summed E-state index contributed by atoms with van der Waals surface area (Å²) in [5, 5.41) is 0. The second kappa shape index (κ2) is 16.1. The van der Waals surface area contributed by atoms with E-state index in [0.717, 1.165) is 24.4 Å². The van der Waals surface area contributed by atoms with E-state index >= 15 is 0 Å². The molecule has 0 aliphatic carbocycles. The van der Waals surface area contributed by atoms with Crippen LogP contribution in [0.15, 0.2) is 96.6 Å². The van der Waals surface area contributed by atoms with E-state index in [4.69, 9.17) is 4.74 Å². The summed E-state index contributed by atoms with van der Waals surface area (Å²) in [5.74, 6) is 1.60. The van der Waals surface area contributed by atoms with Gasteiger partial charge < -0.3 is 4.74 Å². The van der Waals surface area contributed by atoms with E-state index in [1.54, 1.807) is 0 Å². The second-order valence-electron chi connectivity index (χ2n) is 4.68. The highest BCUT2D eigenvalue weighted by atomic mass is 16.5. The van der Waals surface area contributed by atoms with Crippen LogP contribution in [0, 0.1) is 0 Å².